The Morgan fingerprint density at radius 3 is 2.62 bits per heavy atom. The van der Waals surface area contributed by atoms with Crippen LogP contribution in [-0.4, -0.2) is 40.8 Å². The molecule has 2 rings (SSSR count). The van der Waals surface area contributed by atoms with Gasteiger partial charge in [0.05, 0.1) is 5.69 Å². The molecular weight excluding hydrogens is 413 g/mol. The van der Waals surface area contributed by atoms with Crippen molar-refractivity contribution >= 4 is 29.9 Å². The van der Waals surface area contributed by atoms with Crippen LogP contribution < -0.4 is 5.32 Å². The second kappa shape index (κ2) is 9.06. The minimum atomic E-state index is 0. The highest BCUT2D eigenvalue weighted by molar-refractivity contribution is 14.0. The Bertz CT molecular complexity index is 562. The lowest BCUT2D eigenvalue weighted by molar-refractivity contribution is 0.142. The predicted molar refractivity (Wildman–Crippen MR) is 112 cm³/mol. The van der Waals surface area contributed by atoms with Crippen LogP contribution >= 0.6 is 24.0 Å². The first kappa shape index (κ1) is 21.3. The van der Waals surface area contributed by atoms with Gasteiger partial charge in [0, 0.05) is 45.0 Å². The molecule has 1 fully saturated rings. The Morgan fingerprint density at radius 2 is 2.08 bits per heavy atom. The number of rotatable bonds is 4. The molecular formula is C18H34IN5. The van der Waals surface area contributed by atoms with Crippen molar-refractivity contribution in [3.63, 3.8) is 0 Å². The molecule has 24 heavy (non-hydrogen) atoms. The van der Waals surface area contributed by atoms with Crippen LogP contribution in [0, 0.1) is 19.3 Å². The maximum absolute atomic E-state index is 4.52. The van der Waals surface area contributed by atoms with Gasteiger partial charge in [-0.05, 0) is 38.5 Å². The third kappa shape index (κ3) is 4.86. The molecule has 1 aliphatic heterocycles. The number of aromatic nitrogens is 2. The molecule has 0 aromatic carbocycles. The normalized spacial score (nSPS) is 21.6. The lowest BCUT2D eigenvalue weighted by Crippen LogP contribution is -2.49. The Kier molecular flexibility index (Phi) is 8.02. The first-order valence-corrected chi connectivity index (χ1v) is 8.85. The van der Waals surface area contributed by atoms with Crippen molar-refractivity contribution in [2.75, 3.05) is 20.1 Å². The van der Waals surface area contributed by atoms with Crippen LogP contribution in [0.1, 0.15) is 56.5 Å². The van der Waals surface area contributed by atoms with Crippen LogP contribution in [0.2, 0.25) is 0 Å². The van der Waals surface area contributed by atoms with Crippen LogP contribution in [0.5, 0.6) is 0 Å². The molecule has 1 saturated heterocycles. The molecule has 0 bridgehead atoms. The van der Waals surface area contributed by atoms with Gasteiger partial charge in [-0.15, -0.1) is 24.0 Å². The SMILES string of the molecule is CCCC1(C)CCCN(C(=NC)NCc2c(C)nn(C)c2C)C1.I. The van der Waals surface area contributed by atoms with Gasteiger partial charge in [-0.25, -0.2) is 0 Å². The summed E-state index contributed by atoms with van der Waals surface area (Å²) in [6.07, 6.45) is 5.13. The van der Waals surface area contributed by atoms with Crippen LogP contribution in [0.3, 0.4) is 0 Å². The van der Waals surface area contributed by atoms with Crippen LogP contribution in [0.15, 0.2) is 4.99 Å². The second-order valence-electron chi connectivity index (χ2n) is 7.26. The lowest BCUT2D eigenvalue weighted by atomic mass is 9.78. The molecule has 1 aliphatic rings. The Labute approximate surface area is 164 Å². The maximum Gasteiger partial charge on any atom is 0.193 e. The van der Waals surface area contributed by atoms with E-state index < -0.39 is 0 Å². The van der Waals surface area contributed by atoms with E-state index in [1.807, 2.05) is 18.8 Å². The van der Waals surface area contributed by atoms with E-state index in [2.05, 4.69) is 48.0 Å². The van der Waals surface area contributed by atoms with Gasteiger partial charge in [0.2, 0.25) is 0 Å². The van der Waals surface area contributed by atoms with E-state index in [4.69, 9.17) is 0 Å². The van der Waals surface area contributed by atoms with Crippen molar-refractivity contribution in [2.45, 2.75) is 59.9 Å². The summed E-state index contributed by atoms with van der Waals surface area (Å²) < 4.78 is 1.95. The van der Waals surface area contributed by atoms with Crippen molar-refractivity contribution in [3.05, 3.63) is 17.0 Å². The van der Waals surface area contributed by atoms with Gasteiger partial charge >= 0.3 is 0 Å². The standard InChI is InChI=1S/C18H33N5.HI/c1-7-9-18(4)10-8-11-23(13-18)17(19-5)20-12-16-14(2)21-22(6)15(16)3;/h7-13H2,1-6H3,(H,19,20);1H. The molecule has 0 aliphatic carbocycles. The number of halogens is 1. The average molecular weight is 447 g/mol. The first-order chi connectivity index (χ1) is 10.9. The summed E-state index contributed by atoms with van der Waals surface area (Å²) >= 11 is 0. The fraction of sp³-hybridized carbons (Fsp3) is 0.778. The monoisotopic (exact) mass is 447 g/mol. The zero-order valence-corrected chi connectivity index (χ0v) is 18.5. The van der Waals surface area contributed by atoms with Gasteiger partial charge in [0.15, 0.2) is 5.96 Å². The molecule has 0 amide bonds. The topological polar surface area (TPSA) is 45.4 Å². The summed E-state index contributed by atoms with van der Waals surface area (Å²) in [6.45, 7) is 11.9. The summed E-state index contributed by atoms with van der Waals surface area (Å²) in [4.78, 5) is 6.95. The highest BCUT2D eigenvalue weighted by Gasteiger charge is 2.31. The van der Waals surface area contributed by atoms with E-state index in [-0.39, 0.29) is 24.0 Å². The highest BCUT2D eigenvalue weighted by Crippen LogP contribution is 2.33. The number of nitrogens with one attached hydrogen (secondary N) is 1. The number of likely N-dealkylation sites (tertiary alicyclic amines) is 1. The quantitative estimate of drug-likeness (QED) is 0.436. The van der Waals surface area contributed by atoms with E-state index in [0.29, 0.717) is 5.41 Å². The molecule has 0 spiro atoms. The summed E-state index contributed by atoms with van der Waals surface area (Å²) in [6, 6.07) is 0. The fourth-order valence-corrected chi connectivity index (χ4v) is 3.88. The zero-order chi connectivity index (χ0) is 17.0. The third-order valence-corrected chi connectivity index (χ3v) is 5.23. The molecule has 138 valence electrons. The zero-order valence-electron chi connectivity index (χ0n) is 16.1. The summed E-state index contributed by atoms with van der Waals surface area (Å²) in [5, 5.41) is 8.05. The summed E-state index contributed by atoms with van der Waals surface area (Å²) in [7, 11) is 3.89. The molecule has 5 nitrogen and oxygen atoms in total. The van der Waals surface area contributed by atoms with Crippen LogP contribution in [-0.2, 0) is 13.6 Å². The van der Waals surface area contributed by atoms with E-state index >= 15 is 0 Å². The largest absolute Gasteiger partial charge is 0.352 e. The number of aryl methyl sites for hydroxylation is 2. The Balaban J connectivity index is 0.00000288. The van der Waals surface area contributed by atoms with Crippen molar-refractivity contribution in [2.24, 2.45) is 17.5 Å². The van der Waals surface area contributed by atoms with E-state index in [1.165, 1.54) is 36.9 Å². The molecule has 1 aromatic rings. The fourth-order valence-electron chi connectivity index (χ4n) is 3.88. The van der Waals surface area contributed by atoms with E-state index in [9.17, 15) is 0 Å². The molecule has 1 N–H and O–H groups in total. The Hall–Kier alpha value is -0.790. The molecule has 1 atom stereocenters. The highest BCUT2D eigenvalue weighted by atomic mass is 127. The number of guanidine groups is 1. The number of hydrogen-bond acceptors (Lipinski definition) is 2. The average Bonchev–Trinajstić information content (AvgIpc) is 2.74. The number of nitrogens with zero attached hydrogens (tertiary/aromatic N) is 4. The van der Waals surface area contributed by atoms with Crippen molar-refractivity contribution in [3.8, 4) is 0 Å². The van der Waals surface area contributed by atoms with Crippen LogP contribution in [0.25, 0.3) is 0 Å². The maximum atomic E-state index is 4.52. The molecule has 0 radical (unpaired) electrons. The van der Waals surface area contributed by atoms with Crippen molar-refractivity contribution in [1.29, 1.82) is 0 Å². The lowest BCUT2D eigenvalue weighted by Gasteiger charge is -2.42. The summed E-state index contributed by atoms with van der Waals surface area (Å²) in [5.41, 5.74) is 4.02. The van der Waals surface area contributed by atoms with E-state index in [0.717, 1.165) is 31.3 Å². The second-order valence-corrected chi connectivity index (χ2v) is 7.26. The molecule has 2 heterocycles. The molecule has 6 heteroatoms. The van der Waals surface area contributed by atoms with Gasteiger partial charge in [-0.1, -0.05) is 20.3 Å². The van der Waals surface area contributed by atoms with Gasteiger partial charge in [-0.3, -0.25) is 9.67 Å². The van der Waals surface area contributed by atoms with E-state index in [1.54, 1.807) is 0 Å². The van der Waals surface area contributed by atoms with Crippen molar-refractivity contribution in [1.82, 2.24) is 20.0 Å². The first-order valence-electron chi connectivity index (χ1n) is 8.85. The number of aliphatic imine (C=N–C) groups is 1. The van der Waals surface area contributed by atoms with Gasteiger partial charge < -0.3 is 10.2 Å². The van der Waals surface area contributed by atoms with Crippen LogP contribution in [0.4, 0.5) is 0 Å². The minimum absolute atomic E-state index is 0. The molecule has 0 saturated carbocycles. The summed E-state index contributed by atoms with van der Waals surface area (Å²) in [5.74, 6) is 1.02. The van der Waals surface area contributed by atoms with Crippen molar-refractivity contribution < 1.29 is 0 Å². The number of piperidine rings is 1. The number of hydrogen-bond donors (Lipinski definition) is 1. The van der Waals surface area contributed by atoms with Gasteiger partial charge in [0.25, 0.3) is 0 Å². The van der Waals surface area contributed by atoms with Gasteiger partial charge in [0.1, 0.15) is 0 Å². The Morgan fingerprint density at radius 1 is 1.38 bits per heavy atom. The molecule has 1 unspecified atom stereocenters. The van der Waals surface area contributed by atoms with Gasteiger partial charge in [-0.2, -0.15) is 5.10 Å². The predicted octanol–water partition coefficient (Wildman–Crippen LogP) is 3.63. The molecule has 1 aromatic heterocycles. The third-order valence-electron chi connectivity index (χ3n) is 5.23. The minimum Gasteiger partial charge on any atom is -0.352 e. The smallest absolute Gasteiger partial charge is 0.193 e.